The lowest BCUT2D eigenvalue weighted by molar-refractivity contribution is 0.0378. The van der Waals surface area contributed by atoms with Crippen LogP contribution in [0.3, 0.4) is 0 Å². The van der Waals surface area contributed by atoms with Crippen LogP contribution in [0.5, 0.6) is 11.5 Å². The molecule has 37 heavy (non-hydrogen) atoms. The molecule has 0 amide bonds. The van der Waals surface area contributed by atoms with Gasteiger partial charge in [0.25, 0.3) is 0 Å². The average Bonchev–Trinajstić information content (AvgIpc) is 2.90. The molecule has 1 fully saturated rings. The van der Waals surface area contributed by atoms with Gasteiger partial charge >= 0.3 is 5.97 Å². The highest BCUT2D eigenvalue weighted by Crippen LogP contribution is 2.48. The smallest absolute Gasteiger partial charge is 0.341 e. The molecule has 9 nitrogen and oxygen atoms in total. The predicted octanol–water partition coefficient (Wildman–Crippen LogP) is 3.80. The number of ether oxygens (including phenoxy) is 2. The van der Waals surface area contributed by atoms with Crippen LogP contribution in [0.4, 0.5) is 15.8 Å². The zero-order valence-corrected chi connectivity index (χ0v) is 19.9. The number of carboxylic acid groups (broad SMARTS) is 1. The number of hydrogen-bond acceptors (Lipinski definition) is 7. The number of rotatable bonds is 6. The number of halogens is 1. The number of hydrogen-bond donors (Lipinski definition) is 3. The van der Waals surface area contributed by atoms with Crippen LogP contribution in [-0.4, -0.2) is 59.9 Å². The first-order chi connectivity index (χ1) is 17.9. The normalized spacial score (nSPS) is 14.9. The largest absolute Gasteiger partial charge is 0.477 e. The number of aromatic carboxylic acids is 1. The molecule has 0 saturated carbocycles. The summed E-state index contributed by atoms with van der Waals surface area (Å²) in [5.74, 6) is -1.75. The zero-order valence-electron chi connectivity index (χ0n) is 19.9. The standard InChI is InChI=1S/C27H25FN4O5/c28-21-22(29)20-24-26(23(21)30-6-3-7-31-8-10-36-11-9-31)37-19-13-16-5-2-1-4-15(16)12-18(19)32(24)14-17(25(20)33)27(34)35/h1-2,4-5,12-14,30H,3,6-11,29H2,(H,34,35). The van der Waals surface area contributed by atoms with Gasteiger partial charge < -0.3 is 30.2 Å². The maximum atomic E-state index is 15.7. The molecule has 2 aliphatic heterocycles. The van der Waals surface area contributed by atoms with Crippen molar-refractivity contribution < 1.29 is 23.8 Å². The molecule has 0 unspecified atom stereocenters. The minimum atomic E-state index is -1.42. The fourth-order valence-electron chi connectivity index (χ4n) is 5.08. The van der Waals surface area contributed by atoms with E-state index in [4.69, 9.17) is 15.2 Å². The Balaban J connectivity index is 1.50. The van der Waals surface area contributed by atoms with Crippen molar-refractivity contribution in [3.8, 4) is 17.2 Å². The SMILES string of the molecule is Nc1c(F)c(NCCCN2CCOCC2)c2c3c1c(=O)c(C(=O)O)cn3-c1cc3ccccc3cc1O2. The first kappa shape index (κ1) is 23.3. The van der Waals surface area contributed by atoms with E-state index in [0.717, 1.165) is 36.8 Å². The second-order valence-corrected chi connectivity index (χ2v) is 9.21. The second kappa shape index (κ2) is 9.06. The van der Waals surface area contributed by atoms with Gasteiger partial charge in [-0.3, -0.25) is 9.69 Å². The minimum Gasteiger partial charge on any atom is -0.477 e. The van der Waals surface area contributed by atoms with E-state index in [9.17, 15) is 14.7 Å². The molecule has 0 bridgehead atoms. The van der Waals surface area contributed by atoms with Crippen molar-refractivity contribution in [2.45, 2.75) is 6.42 Å². The molecule has 3 aromatic carbocycles. The molecule has 2 aliphatic rings. The molecule has 1 saturated heterocycles. The van der Waals surface area contributed by atoms with Crippen LogP contribution in [0.2, 0.25) is 0 Å². The fourth-order valence-corrected chi connectivity index (χ4v) is 5.08. The predicted molar refractivity (Wildman–Crippen MR) is 139 cm³/mol. The molecule has 0 aliphatic carbocycles. The number of carboxylic acids is 1. The van der Waals surface area contributed by atoms with Crippen molar-refractivity contribution in [1.82, 2.24) is 9.47 Å². The van der Waals surface area contributed by atoms with Gasteiger partial charge in [-0.2, -0.15) is 0 Å². The molecular weight excluding hydrogens is 479 g/mol. The topological polar surface area (TPSA) is 119 Å². The number of nitrogens with zero attached hydrogens (tertiary/aromatic N) is 2. The highest BCUT2D eigenvalue weighted by atomic mass is 19.1. The van der Waals surface area contributed by atoms with E-state index in [1.54, 1.807) is 4.57 Å². The number of aromatic nitrogens is 1. The van der Waals surface area contributed by atoms with Crippen LogP contribution in [0.15, 0.2) is 47.4 Å². The van der Waals surface area contributed by atoms with Crippen LogP contribution < -0.4 is 21.2 Å². The third kappa shape index (κ3) is 3.85. The Morgan fingerprint density at radius 3 is 2.62 bits per heavy atom. The number of nitrogens with two attached hydrogens (primary N) is 1. The quantitative estimate of drug-likeness (QED) is 0.236. The zero-order chi connectivity index (χ0) is 25.7. The van der Waals surface area contributed by atoms with Crippen molar-refractivity contribution in [3.63, 3.8) is 0 Å². The van der Waals surface area contributed by atoms with Gasteiger partial charge in [0, 0.05) is 25.8 Å². The van der Waals surface area contributed by atoms with E-state index < -0.39 is 28.5 Å². The van der Waals surface area contributed by atoms with Crippen molar-refractivity contribution >= 4 is 39.0 Å². The number of carbonyl (C=O) groups is 1. The average molecular weight is 505 g/mol. The Kier molecular flexibility index (Phi) is 5.69. The number of nitrogen functional groups attached to an aromatic ring is 1. The van der Waals surface area contributed by atoms with E-state index in [2.05, 4.69) is 10.2 Å². The van der Waals surface area contributed by atoms with Crippen LogP contribution in [0.1, 0.15) is 16.8 Å². The number of nitrogens with one attached hydrogen (secondary N) is 1. The van der Waals surface area contributed by atoms with Crippen LogP contribution in [0, 0.1) is 5.82 Å². The molecule has 190 valence electrons. The third-order valence-corrected chi connectivity index (χ3v) is 6.96. The van der Waals surface area contributed by atoms with E-state index in [1.807, 2.05) is 36.4 Å². The fraction of sp³-hybridized carbons (Fsp3) is 0.259. The Hall–Kier alpha value is -4.15. The first-order valence-corrected chi connectivity index (χ1v) is 12.1. The molecule has 0 radical (unpaired) electrons. The summed E-state index contributed by atoms with van der Waals surface area (Å²) < 4.78 is 28.8. The van der Waals surface area contributed by atoms with Gasteiger partial charge in [-0.1, -0.05) is 24.3 Å². The van der Waals surface area contributed by atoms with Crippen molar-refractivity contribution in [3.05, 3.63) is 64.2 Å². The van der Waals surface area contributed by atoms with Crippen LogP contribution in [-0.2, 0) is 4.74 Å². The van der Waals surface area contributed by atoms with E-state index >= 15 is 4.39 Å². The third-order valence-electron chi connectivity index (χ3n) is 6.96. The van der Waals surface area contributed by atoms with Gasteiger partial charge in [0.05, 0.1) is 30.0 Å². The molecule has 0 atom stereocenters. The Morgan fingerprint density at radius 2 is 1.89 bits per heavy atom. The lowest BCUT2D eigenvalue weighted by Crippen LogP contribution is -2.37. The molecule has 10 heteroatoms. The molecule has 6 rings (SSSR count). The van der Waals surface area contributed by atoms with Gasteiger partial charge in [-0.05, 0) is 35.9 Å². The van der Waals surface area contributed by atoms with E-state index in [-0.39, 0.29) is 22.3 Å². The highest BCUT2D eigenvalue weighted by molar-refractivity contribution is 6.05. The van der Waals surface area contributed by atoms with E-state index in [0.29, 0.717) is 31.2 Å². The lowest BCUT2D eigenvalue weighted by Gasteiger charge is -2.28. The second-order valence-electron chi connectivity index (χ2n) is 9.21. The van der Waals surface area contributed by atoms with Gasteiger partial charge in [-0.15, -0.1) is 0 Å². The summed E-state index contributed by atoms with van der Waals surface area (Å²) in [6.07, 6.45) is 2.00. The van der Waals surface area contributed by atoms with Gasteiger partial charge in [0.2, 0.25) is 5.43 Å². The van der Waals surface area contributed by atoms with Gasteiger partial charge in [0.15, 0.2) is 17.3 Å². The van der Waals surface area contributed by atoms with Crippen molar-refractivity contribution in [1.29, 1.82) is 0 Å². The van der Waals surface area contributed by atoms with Gasteiger partial charge in [-0.25, -0.2) is 9.18 Å². The first-order valence-electron chi connectivity index (χ1n) is 12.1. The number of fused-ring (bicyclic) bond motifs is 3. The number of anilines is 2. The summed E-state index contributed by atoms with van der Waals surface area (Å²) >= 11 is 0. The summed E-state index contributed by atoms with van der Waals surface area (Å²) in [6.45, 7) is 4.37. The molecular formula is C27H25FN4O5. The maximum absolute atomic E-state index is 15.7. The Morgan fingerprint density at radius 1 is 1.16 bits per heavy atom. The van der Waals surface area contributed by atoms with Crippen LogP contribution in [0.25, 0.3) is 27.4 Å². The number of pyridine rings is 1. The summed E-state index contributed by atoms with van der Waals surface area (Å²) in [4.78, 5) is 27.3. The summed E-state index contributed by atoms with van der Waals surface area (Å²) in [7, 11) is 0. The summed E-state index contributed by atoms with van der Waals surface area (Å²) in [6, 6.07) is 11.3. The monoisotopic (exact) mass is 504 g/mol. The Labute approximate surface area is 210 Å². The van der Waals surface area contributed by atoms with Crippen LogP contribution >= 0.6 is 0 Å². The minimum absolute atomic E-state index is 0.0435. The molecule has 0 spiro atoms. The summed E-state index contributed by atoms with van der Waals surface area (Å²) in [5.41, 5.74) is 5.17. The summed E-state index contributed by atoms with van der Waals surface area (Å²) in [5, 5.41) is 14.4. The number of morpholine rings is 1. The van der Waals surface area contributed by atoms with E-state index in [1.165, 1.54) is 6.20 Å². The molecule has 3 heterocycles. The Bertz CT molecular complexity index is 1630. The maximum Gasteiger partial charge on any atom is 0.341 e. The number of benzene rings is 3. The van der Waals surface area contributed by atoms with Gasteiger partial charge in [0.1, 0.15) is 16.8 Å². The molecule has 4 aromatic rings. The lowest BCUT2D eigenvalue weighted by atomic mass is 10.0. The van der Waals surface area contributed by atoms with Crippen molar-refractivity contribution in [2.24, 2.45) is 0 Å². The molecule has 1 aromatic heterocycles. The molecule has 4 N–H and O–H groups in total. The van der Waals surface area contributed by atoms with Crippen molar-refractivity contribution in [2.75, 3.05) is 50.4 Å². The highest BCUT2D eigenvalue weighted by Gasteiger charge is 2.31.